The maximum absolute atomic E-state index is 11.0. The highest BCUT2D eigenvalue weighted by Crippen LogP contribution is 2.39. The Hall–Kier alpha value is -0.950. The van der Waals surface area contributed by atoms with Crippen molar-refractivity contribution in [1.82, 2.24) is 4.90 Å². The number of cyclic esters (lactones) is 1. The predicted molar refractivity (Wildman–Crippen MR) is 328 cm³/mol. The van der Waals surface area contributed by atoms with Crippen LogP contribution in [0.15, 0.2) is 0 Å². The SMILES string of the molecule is CC(C)(C)C1CCOC1=O.CC(C)(C)CC1CC1.CC(C)(C)CCN.CC(C)(C)CCN1CCCCC1.CC(C)(C)CCOCCO.CC(C)(C)CCS(=O)(=O)O.CC(C)S(=O)(=O)CCO.COCCOCCC(C)(C)C. The minimum absolute atomic E-state index is 0.0208. The molecule has 470 valence electrons. The molecule has 1 aliphatic carbocycles. The van der Waals surface area contributed by atoms with Gasteiger partial charge < -0.3 is 39.8 Å². The molecular formula is C61H132N2O12S2. The Morgan fingerprint density at radius 1 is 0.584 bits per heavy atom. The zero-order chi connectivity index (χ0) is 61.6. The molecule has 16 heteroatoms. The van der Waals surface area contributed by atoms with Crippen LogP contribution >= 0.6 is 0 Å². The van der Waals surface area contributed by atoms with Crippen LogP contribution in [0.5, 0.6) is 0 Å². The first-order valence-electron chi connectivity index (χ1n) is 29.2. The van der Waals surface area contributed by atoms with Gasteiger partial charge >= 0.3 is 5.97 Å². The summed E-state index contributed by atoms with van der Waals surface area (Å²) in [6, 6.07) is 0. The minimum Gasteiger partial charge on any atom is -0.465 e. The number of likely N-dealkylation sites (tertiary alicyclic amines) is 1. The standard InChI is InChI=1S/C11H23N.C9H20O2.C8H14O2.C8H18O2.C8H16.C6H15N.C6H14O3S.C5H12O3S/c1-11(2,3)7-10-12-8-5-4-6-9-12;1-9(2,3)5-6-11-8-7-10-4;1-8(2,3)6-4-5-10-7(6)9;1-8(2,3)4-6-10-7-5-9;1-8(2,3)6-7-4-5-7;1-6(2,3)4-5-7;1-6(2,3)4-5-10(7,8)9;1-5(2)9(7,8)4-3-6/h4-10H2,1-3H3;5-8H2,1-4H3;6H,4-5H2,1-3H3;9H,4-7H2,1-3H3;7H,4-6H2,1-3H3;4-5,7H2,1-3H3;4-5H2,1-3H3,(H,7,8,9);5-6H,3-4H2,1-2H3. The van der Waals surface area contributed by atoms with E-state index in [-0.39, 0.29) is 52.7 Å². The molecule has 1 atom stereocenters. The molecule has 1 unspecified atom stereocenters. The van der Waals surface area contributed by atoms with E-state index in [0.29, 0.717) is 59.9 Å². The Kier molecular flexibility index (Phi) is 47.2. The molecule has 2 aliphatic heterocycles. The van der Waals surface area contributed by atoms with E-state index in [1.54, 1.807) is 21.0 Å². The van der Waals surface area contributed by atoms with Crippen molar-refractivity contribution in [2.75, 3.05) is 97.6 Å². The molecule has 3 fully saturated rings. The number of hydrogen-bond acceptors (Lipinski definition) is 13. The summed E-state index contributed by atoms with van der Waals surface area (Å²) in [6.07, 6.45) is 14.7. The van der Waals surface area contributed by atoms with Gasteiger partial charge in [0.15, 0.2) is 9.84 Å². The fourth-order valence-electron chi connectivity index (χ4n) is 6.55. The number of methoxy groups -OCH3 is 1. The van der Waals surface area contributed by atoms with Crippen LogP contribution in [0.3, 0.4) is 0 Å². The molecule has 2 saturated heterocycles. The number of rotatable bonds is 18. The van der Waals surface area contributed by atoms with E-state index in [2.05, 4.69) is 130 Å². The zero-order valence-electron chi connectivity index (χ0n) is 55.0. The number of nitrogens with two attached hydrogens (primary N) is 1. The third-order valence-corrected chi connectivity index (χ3v) is 14.9. The number of carbonyl (C=O) groups is 1. The maximum atomic E-state index is 11.0. The number of piperidine rings is 1. The summed E-state index contributed by atoms with van der Waals surface area (Å²) >= 11 is 0. The van der Waals surface area contributed by atoms with E-state index in [9.17, 15) is 21.6 Å². The van der Waals surface area contributed by atoms with Gasteiger partial charge in [0.1, 0.15) is 0 Å². The molecule has 3 rings (SSSR count). The molecule has 0 aromatic rings. The van der Waals surface area contributed by atoms with Crippen molar-refractivity contribution >= 4 is 25.9 Å². The fourth-order valence-corrected chi connectivity index (χ4v) is 8.14. The highest BCUT2D eigenvalue weighted by Gasteiger charge is 2.36. The lowest BCUT2D eigenvalue weighted by atomic mass is 9.80. The summed E-state index contributed by atoms with van der Waals surface area (Å²) in [5.41, 5.74) is 7.61. The van der Waals surface area contributed by atoms with Crippen LogP contribution in [-0.4, -0.2) is 145 Å². The lowest BCUT2D eigenvalue weighted by molar-refractivity contribution is -0.143. The highest BCUT2D eigenvalue weighted by molar-refractivity contribution is 7.92. The third-order valence-electron chi connectivity index (χ3n) is 12.0. The van der Waals surface area contributed by atoms with Crippen LogP contribution in [0.1, 0.15) is 236 Å². The van der Waals surface area contributed by atoms with Gasteiger partial charge in [-0.15, -0.1) is 0 Å². The van der Waals surface area contributed by atoms with Crippen molar-refractivity contribution in [3.8, 4) is 0 Å². The van der Waals surface area contributed by atoms with E-state index >= 15 is 0 Å². The van der Waals surface area contributed by atoms with Gasteiger partial charge in [-0.3, -0.25) is 9.35 Å². The molecule has 0 bridgehead atoms. The number of esters is 1. The van der Waals surface area contributed by atoms with Crippen molar-refractivity contribution < 1.29 is 55.3 Å². The summed E-state index contributed by atoms with van der Waals surface area (Å²) in [7, 11) is -5.07. The van der Waals surface area contributed by atoms with Crippen molar-refractivity contribution in [1.29, 1.82) is 0 Å². The first-order valence-corrected chi connectivity index (χ1v) is 32.5. The Morgan fingerprint density at radius 2 is 1.03 bits per heavy atom. The highest BCUT2D eigenvalue weighted by atomic mass is 32.2. The maximum Gasteiger partial charge on any atom is 0.309 e. The normalized spacial score (nSPS) is 16.6. The Morgan fingerprint density at radius 3 is 1.26 bits per heavy atom. The molecule has 0 radical (unpaired) electrons. The van der Waals surface area contributed by atoms with E-state index in [4.69, 9.17) is 39.4 Å². The molecule has 77 heavy (non-hydrogen) atoms. The summed E-state index contributed by atoms with van der Waals surface area (Å²) < 4.78 is 70.5. The number of aliphatic hydroxyl groups excluding tert-OH is 2. The number of ether oxygens (including phenoxy) is 4. The van der Waals surface area contributed by atoms with Crippen molar-refractivity contribution in [3.05, 3.63) is 0 Å². The van der Waals surface area contributed by atoms with Crippen LogP contribution < -0.4 is 5.73 Å². The van der Waals surface area contributed by atoms with E-state index < -0.39 is 20.0 Å². The fraction of sp³-hybridized carbons (Fsp3) is 0.984. The average Bonchev–Trinajstić information content (AvgIpc) is 3.92. The molecule has 0 aromatic carbocycles. The van der Waals surface area contributed by atoms with Crippen LogP contribution in [-0.2, 0) is 43.7 Å². The van der Waals surface area contributed by atoms with E-state index in [1.165, 1.54) is 64.6 Å². The summed E-state index contributed by atoms with van der Waals surface area (Å²) in [5, 5.41) is 16.3. The number of aliphatic hydroxyl groups is 2. The summed E-state index contributed by atoms with van der Waals surface area (Å²) in [5.74, 6) is 0.927. The van der Waals surface area contributed by atoms with E-state index in [1.807, 2.05) is 20.8 Å². The smallest absolute Gasteiger partial charge is 0.309 e. The predicted octanol–water partition coefficient (Wildman–Crippen LogP) is 13.3. The Bertz CT molecular complexity index is 1600. The second-order valence-corrected chi connectivity index (χ2v) is 33.9. The number of carbonyl (C=O) groups excluding carboxylic acids is 1. The van der Waals surface area contributed by atoms with Gasteiger partial charge in [0, 0.05) is 20.3 Å². The lowest BCUT2D eigenvalue weighted by Gasteiger charge is -2.29. The Balaban J connectivity index is -0.000000258. The molecule has 5 N–H and O–H groups in total. The second kappa shape index (κ2) is 42.8. The second-order valence-electron chi connectivity index (χ2n) is 29.7. The van der Waals surface area contributed by atoms with Crippen LogP contribution in [0.25, 0.3) is 0 Å². The molecule has 0 aromatic heterocycles. The van der Waals surface area contributed by atoms with Crippen molar-refractivity contribution in [2.45, 2.75) is 242 Å². The van der Waals surface area contributed by atoms with Gasteiger partial charge in [0.25, 0.3) is 10.1 Å². The first kappa shape index (κ1) is 84.9. The molecule has 1 saturated carbocycles. The summed E-state index contributed by atoms with van der Waals surface area (Å²) in [4.78, 5) is 13.6. The number of hydrogen-bond donors (Lipinski definition) is 4. The van der Waals surface area contributed by atoms with Crippen LogP contribution in [0.4, 0.5) is 0 Å². The van der Waals surface area contributed by atoms with Crippen LogP contribution in [0.2, 0.25) is 0 Å². The quantitative estimate of drug-likeness (QED) is 0.0571. The molecular weight excluding hydrogens is 1020 g/mol. The largest absolute Gasteiger partial charge is 0.465 e. The number of sulfone groups is 1. The molecule has 14 nitrogen and oxygen atoms in total. The monoisotopic (exact) mass is 1150 g/mol. The zero-order valence-corrected chi connectivity index (χ0v) is 56.6. The Labute approximate surface area is 478 Å². The third kappa shape index (κ3) is 75.0. The first-order chi connectivity index (χ1) is 34.6. The molecule has 2 heterocycles. The van der Waals surface area contributed by atoms with Crippen LogP contribution in [0, 0.1) is 49.7 Å². The van der Waals surface area contributed by atoms with Gasteiger partial charge in [0.05, 0.1) is 62.3 Å². The van der Waals surface area contributed by atoms with Gasteiger partial charge in [0.2, 0.25) is 0 Å². The number of nitrogens with zero attached hydrogens (tertiary/aromatic N) is 1. The average molecular weight is 1150 g/mol. The molecule has 0 spiro atoms. The molecule has 3 aliphatic rings. The van der Waals surface area contributed by atoms with Crippen molar-refractivity contribution in [3.63, 3.8) is 0 Å². The van der Waals surface area contributed by atoms with Gasteiger partial charge in [-0.2, -0.15) is 8.42 Å². The van der Waals surface area contributed by atoms with Gasteiger partial charge in [-0.1, -0.05) is 165 Å². The topological polar surface area (TPSA) is 212 Å². The van der Waals surface area contributed by atoms with E-state index in [0.717, 1.165) is 51.4 Å². The van der Waals surface area contributed by atoms with Crippen molar-refractivity contribution in [2.24, 2.45) is 55.5 Å². The van der Waals surface area contributed by atoms with Gasteiger partial charge in [-0.05, 0) is 142 Å². The minimum atomic E-state index is -3.76. The molecule has 0 amide bonds. The van der Waals surface area contributed by atoms with Gasteiger partial charge in [-0.25, -0.2) is 8.42 Å². The lowest BCUT2D eigenvalue weighted by Crippen LogP contribution is -2.32. The summed E-state index contributed by atoms with van der Waals surface area (Å²) in [6.45, 7) is 57.7.